The normalized spacial score (nSPS) is 18.4. The summed E-state index contributed by atoms with van der Waals surface area (Å²) in [5, 5.41) is 3.90. The fraction of sp³-hybridized carbons (Fsp3) is 0.474. The van der Waals surface area contributed by atoms with Gasteiger partial charge in [0.05, 0.1) is 6.54 Å². The zero-order valence-electron chi connectivity index (χ0n) is 16.7. The number of pyridine rings is 1. The van der Waals surface area contributed by atoms with Crippen LogP contribution in [0.25, 0.3) is 0 Å². The summed E-state index contributed by atoms with van der Waals surface area (Å²) in [4.78, 5) is 70.5. The van der Waals surface area contributed by atoms with E-state index in [-0.39, 0.29) is 31.7 Å². The first kappa shape index (κ1) is 23.1. The van der Waals surface area contributed by atoms with Crippen LogP contribution in [0.5, 0.6) is 0 Å². The third-order valence-electron chi connectivity index (χ3n) is 4.66. The van der Waals surface area contributed by atoms with Crippen molar-refractivity contribution in [2.75, 3.05) is 18.8 Å². The molecule has 2 aliphatic rings. The fourth-order valence-electron chi connectivity index (χ4n) is 3.12. The third kappa shape index (κ3) is 6.44. The first-order valence-corrected chi connectivity index (χ1v) is 12.1. The fourth-order valence-corrected chi connectivity index (χ4v) is 4.98. The highest BCUT2D eigenvalue weighted by atomic mass is 33.1. The number of nitrogens with one attached hydrogen (secondary N) is 1. The number of amides is 4. The van der Waals surface area contributed by atoms with E-state index in [0.717, 1.165) is 5.03 Å². The Morgan fingerprint density at radius 3 is 2.68 bits per heavy atom. The molecular weight excluding hydrogens is 444 g/mol. The molecule has 12 heteroatoms. The zero-order chi connectivity index (χ0) is 22.2. The van der Waals surface area contributed by atoms with Gasteiger partial charge in [-0.3, -0.25) is 19.2 Å². The first-order chi connectivity index (χ1) is 15.0. The van der Waals surface area contributed by atoms with Crippen molar-refractivity contribution in [3.8, 4) is 0 Å². The van der Waals surface area contributed by atoms with Crippen molar-refractivity contribution in [3.63, 3.8) is 0 Å². The molecule has 0 aliphatic carbocycles. The largest absolute Gasteiger partial charge is 0.355 e. The van der Waals surface area contributed by atoms with Crippen LogP contribution >= 0.6 is 21.6 Å². The Balaban J connectivity index is 1.38. The molecule has 1 aromatic rings. The van der Waals surface area contributed by atoms with Gasteiger partial charge in [-0.05, 0) is 35.8 Å². The van der Waals surface area contributed by atoms with Crippen molar-refractivity contribution >= 4 is 51.2 Å². The zero-order valence-corrected chi connectivity index (χ0v) is 18.3. The van der Waals surface area contributed by atoms with Crippen LogP contribution in [0.1, 0.15) is 32.1 Å². The third-order valence-corrected chi connectivity index (χ3v) is 6.93. The molecule has 0 spiro atoms. The van der Waals surface area contributed by atoms with Crippen LogP contribution in [-0.4, -0.2) is 69.4 Å². The van der Waals surface area contributed by atoms with Crippen LogP contribution in [0, 0.1) is 0 Å². The standard InChI is InChI=1S/C19H22N4O6S2/c24-14(8-11-30-31-15-5-1-2-9-20-15)21-12-18(27)22-10-3-4-13(22)19(28)29-23-16(25)6-7-17(23)26/h1-2,5,9,13H,3-4,6-8,10-12H2,(H,21,24)/t13-/m0/s1. The maximum absolute atomic E-state index is 12.5. The number of nitrogens with zero attached hydrogens (tertiary/aromatic N) is 3. The van der Waals surface area contributed by atoms with Gasteiger partial charge in [0.2, 0.25) is 11.8 Å². The van der Waals surface area contributed by atoms with Crippen molar-refractivity contribution in [2.45, 2.75) is 43.2 Å². The minimum Gasteiger partial charge on any atom is -0.347 e. The molecule has 3 heterocycles. The van der Waals surface area contributed by atoms with Crippen LogP contribution < -0.4 is 5.32 Å². The van der Waals surface area contributed by atoms with E-state index in [1.807, 2.05) is 18.2 Å². The summed E-state index contributed by atoms with van der Waals surface area (Å²) in [5.41, 5.74) is 0. The van der Waals surface area contributed by atoms with Gasteiger partial charge in [0.25, 0.3) is 11.8 Å². The number of carbonyl (C=O) groups is 5. The van der Waals surface area contributed by atoms with Crippen LogP contribution in [-0.2, 0) is 28.8 Å². The topological polar surface area (TPSA) is 126 Å². The summed E-state index contributed by atoms with van der Waals surface area (Å²) in [7, 11) is 2.96. The van der Waals surface area contributed by atoms with Gasteiger partial charge in [0.1, 0.15) is 11.1 Å². The molecule has 2 saturated heterocycles. The van der Waals surface area contributed by atoms with Crippen molar-refractivity contribution in [3.05, 3.63) is 24.4 Å². The summed E-state index contributed by atoms with van der Waals surface area (Å²) in [6.07, 6.45) is 2.90. The van der Waals surface area contributed by atoms with Gasteiger partial charge in [-0.2, -0.15) is 0 Å². The van der Waals surface area contributed by atoms with E-state index in [1.165, 1.54) is 26.5 Å². The highest BCUT2D eigenvalue weighted by molar-refractivity contribution is 8.76. The lowest BCUT2D eigenvalue weighted by atomic mass is 10.2. The summed E-state index contributed by atoms with van der Waals surface area (Å²) in [6, 6.07) is 4.71. The van der Waals surface area contributed by atoms with E-state index >= 15 is 0 Å². The SMILES string of the molecule is O=C(CCSSc1ccccn1)NCC(=O)N1CCC[C@H]1C(=O)ON1C(=O)CCC1=O. The molecule has 0 saturated carbocycles. The van der Waals surface area contributed by atoms with Crippen LogP contribution in [0.2, 0.25) is 0 Å². The second-order valence-corrected chi connectivity index (χ2v) is 9.27. The molecule has 31 heavy (non-hydrogen) atoms. The van der Waals surface area contributed by atoms with Gasteiger partial charge in [-0.25, -0.2) is 9.78 Å². The average molecular weight is 467 g/mol. The predicted molar refractivity (Wildman–Crippen MR) is 112 cm³/mol. The monoisotopic (exact) mass is 466 g/mol. The van der Waals surface area contributed by atoms with Crippen molar-refractivity contribution in [2.24, 2.45) is 0 Å². The Hall–Kier alpha value is -2.60. The lowest BCUT2D eigenvalue weighted by molar-refractivity contribution is -0.200. The van der Waals surface area contributed by atoms with Gasteiger partial charge >= 0.3 is 5.97 Å². The molecule has 0 bridgehead atoms. The predicted octanol–water partition coefficient (Wildman–Crippen LogP) is 0.926. The van der Waals surface area contributed by atoms with Gasteiger partial charge in [-0.1, -0.05) is 16.9 Å². The van der Waals surface area contributed by atoms with Gasteiger partial charge in [0.15, 0.2) is 0 Å². The number of imide groups is 1. The van der Waals surface area contributed by atoms with E-state index in [1.54, 1.807) is 6.20 Å². The number of rotatable bonds is 9. The summed E-state index contributed by atoms with van der Waals surface area (Å²) in [5.74, 6) is -2.08. The van der Waals surface area contributed by atoms with E-state index < -0.39 is 29.7 Å². The Kier molecular flexibility index (Phi) is 8.29. The van der Waals surface area contributed by atoms with Crippen LogP contribution in [0.3, 0.4) is 0 Å². The smallest absolute Gasteiger partial charge is 0.347 e. The van der Waals surface area contributed by atoms with Crippen LogP contribution in [0.15, 0.2) is 29.4 Å². The maximum Gasteiger partial charge on any atom is 0.355 e. The quantitative estimate of drug-likeness (QED) is 0.321. The molecule has 166 valence electrons. The highest BCUT2D eigenvalue weighted by Gasteiger charge is 2.39. The van der Waals surface area contributed by atoms with E-state index in [4.69, 9.17) is 4.84 Å². The second-order valence-electron chi connectivity index (χ2n) is 6.84. The number of aromatic nitrogens is 1. The highest BCUT2D eigenvalue weighted by Crippen LogP contribution is 2.29. The lowest BCUT2D eigenvalue weighted by Crippen LogP contribution is -2.47. The Morgan fingerprint density at radius 1 is 1.19 bits per heavy atom. The van der Waals surface area contributed by atoms with Crippen molar-refractivity contribution in [1.29, 1.82) is 0 Å². The van der Waals surface area contributed by atoms with Gasteiger partial charge < -0.3 is 15.1 Å². The van der Waals surface area contributed by atoms with Gasteiger partial charge in [0, 0.05) is 37.8 Å². The Morgan fingerprint density at radius 2 is 1.97 bits per heavy atom. The van der Waals surface area contributed by atoms with E-state index in [0.29, 0.717) is 30.2 Å². The molecule has 1 atom stereocenters. The number of hydrogen-bond donors (Lipinski definition) is 1. The number of hydrogen-bond acceptors (Lipinski definition) is 9. The molecule has 2 fully saturated rings. The molecule has 1 aromatic heterocycles. The molecular formula is C19H22N4O6S2. The summed E-state index contributed by atoms with van der Waals surface area (Å²) < 4.78 is 0. The maximum atomic E-state index is 12.5. The molecule has 4 amide bonds. The molecule has 1 N–H and O–H groups in total. The summed E-state index contributed by atoms with van der Waals surface area (Å²) in [6.45, 7) is 0.106. The molecule has 2 aliphatic heterocycles. The molecule has 0 radical (unpaired) electrons. The van der Waals surface area contributed by atoms with Crippen LogP contribution in [0.4, 0.5) is 0 Å². The Labute approximate surface area is 186 Å². The number of likely N-dealkylation sites (tertiary alicyclic amines) is 1. The molecule has 3 rings (SSSR count). The number of carbonyl (C=O) groups excluding carboxylic acids is 5. The minimum atomic E-state index is -0.879. The van der Waals surface area contributed by atoms with E-state index in [2.05, 4.69) is 10.3 Å². The minimum absolute atomic E-state index is 0.00408. The van der Waals surface area contributed by atoms with Crippen molar-refractivity contribution < 1.29 is 28.8 Å². The molecule has 10 nitrogen and oxygen atoms in total. The average Bonchev–Trinajstić information content (AvgIpc) is 3.38. The second kappa shape index (κ2) is 11.1. The van der Waals surface area contributed by atoms with Gasteiger partial charge in [-0.15, -0.1) is 5.06 Å². The molecule has 0 unspecified atom stereocenters. The van der Waals surface area contributed by atoms with Crippen molar-refractivity contribution in [1.82, 2.24) is 20.3 Å². The first-order valence-electron chi connectivity index (χ1n) is 9.80. The van der Waals surface area contributed by atoms with E-state index in [9.17, 15) is 24.0 Å². The molecule has 0 aromatic carbocycles. The Bertz CT molecular complexity index is 837. The summed E-state index contributed by atoms with van der Waals surface area (Å²) >= 11 is 0. The lowest BCUT2D eigenvalue weighted by Gasteiger charge is -2.24. The number of hydroxylamine groups is 2.